The fourth-order valence-corrected chi connectivity index (χ4v) is 13.7. The van der Waals surface area contributed by atoms with E-state index in [0.717, 1.165) is 22.7 Å². The van der Waals surface area contributed by atoms with Gasteiger partial charge >= 0.3 is 350 Å². The summed E-state index contributed by atoms with van der Waals surface area (Å²) in [5, 5.41) is 12.6. The number of nitrogens with zero attached hydrogens (tertiary/aromatic N) is 2. The van der Waals surface area contributed by atoms with Gasteiger partial charge in [-0.05, 0) is 0 Å². The molecular formula is C54H48Ge2N2. The summed E-state index contributed by atoms with van der Waals surface area (Å²) in [5.41, 5.74) is 7.00. The van der Waals surface area contributed by atoms with Crippen molar-refractivity contribution in [1.82, 2.24) is 0 Å². The van der Waals surface area contributed by atoms with Crippen molar-refractivity contribution >= 4 is 123 Å². The molecule has 0 aliphatic heterocycles. The molecule has 2 nitrogen and oxygen atoms in total. The molecule has 58 heavy (non-hydrogen) atoms. The molecular weight excluding hydrogens is 822 g/mol. The zero-order valence-electron chi connectivity index (χ0n) is 34.2. The first-order valence-electron chi connectivity index (χ1n) is 20.5. The van der Waals surface area contributed by atoms with Crippen molar-refractivity contribution in [3.63, 3.8) is 0 Å². The van der Waals surface area contributed by atoms with Crippen molar-refractivity contribution in [2.45, 2.75) is 34.5 Å². The quantitative estimate of drug-likeness (QED) is 0.111. The monoisotopic (exact) mass is 872 g/mol. The number of anilines is 6. The number of rotatable bonds is 8. The van der Waals surface area contributed by atoms with Gasteiger partial charge in [0.25, 0.3) is 0 Å². The molecule has 0 bridgehead atoms. The van der Waals surface area contributed by atoms with Crippen LogP contribution in [-0.2, 0) is 0 Å². The fourth-order valence-electron chi connectivity index (χ4n) is 8.81. The van der Waals surface area contributed by atoms with Crippen molar-refractivity contribution in [2.75, 3.05) is 9.80 Å². The van der Waals surface area contributed by atoms with Crippen LogP contribution in [0.25, 0.3) is 53.9 Å². The van der Waals surface area contributed by atoms with Crippen molar-refractivity contribution in [2.24, 2.45) is 0 Å². The number of hydrogen-bond acceptors (Lipinski definition) is 2. The fraction of sp³-hybridized carbons (Fsp3) is 0.111. The van der Waals surface area contributed by atoms with Gasteiger partial charge in [0.05, 0.1) is 0 Å². The first-order chi connectivity index (χ1) is 28.0. The van der Waals surface area contributed by atoms with Crippen LogP contribution in [0.15, 0.2) is 182 Å². The normalized spacial score (nSPS) is 12.3. The average molecular weight is 870 g/mol. The van der Waals surface area contributed by atoms with Gasteiger partial charge in [-0.25, -0.2) is 0 Å². The van der Waals surface area contributed by atoms with Gasteiger partial charge in [0.15, 0.2) is 0 Å². The van der Waals surface area contributed by atoms with Crippen LogP contribution in [0.2, 0.25) is 34.5 Å². The molecule has 10 rings (SSSR count). The Morgan fingerprint density at radius 3 is 0.862 bits per heavy atom. The Hall–Kier alpha value is -5.55. The van der Waals surface area contributed by atoms with E-state index in [9.17, 15) is 0 Å². The Kier molecular flexibility index (Phi) is 8.92. The summed E-state index contributed by atoms with van der Waals surface area (Å²) in [5.74, 6) is 14.8. The summed E-state index contributed by atoms with van der Waals surface area (Å²) >= 11 is -3.99. The summed E-state index contributed by atoms with van der Waals surface area (Å²) in [7, 11) is 0. The molecule has 10 aromatic carbocycles. The second-order valence-electron chi connectivity index (χ2n) is 18.0. The maximum absolute atomic E-state index is 2.46. The van der Waals surface area contributed by atoms with Crippen LogP contribution in [0.1, 0.15) is 0 Å². The summed E-state index contributed by atoms with van der Waals surface area (Å²) in [4.78, 5) is 4.88. The zero-order valence-corrected chi connectivity index (χ0v) is 38.4. The van der Waals surface area contributed by atoms with E-state index in [-0.39, 0.29) is 0 Å². The molecule has 0 radical (unpaired) electrons. The third-order valence-electron chi connectivity index (χ3n) is 12.0. The topological polar surface area (TPSA) is 6.48 Å². The van der Waals surface area contributed by atoms with Crippen LogP contribution in [0, 0.1) is 0 Å². The minimum absolute atomic E-state index is 1.16. The van der Waals surface area contributed by atoms with Crippen LogP contribution in [0.3, 0.4) is 0 Å². The molecule has 0 aromatic heterocycles. The molecule has 0 saturated heterocycles. The van der Waals surface area contributed by atoms with Crippen molar-refractivity contribution in [3.05, 3.63) is 182 Å². The van der Waals surface area contributed by atoms with E-state index in [1.807, 2.05) is 0 Å². The molecule has 0 saturated carbocycles. The molecule has 0 atom stereocenters. The Labute approximate surface area is 347 Å². The Balaban J connectivity index is 1.13. The second-order valence-corrected chi connectivity index (χ2v) is 39.3. The predicted octanol–water partition coefficient (Wildman–Crippen LogP) is 14.9. The van der Waals surface area contributed by atoms with Crippen molar-refractivity contribution in [1.29, 1.82) is 0 Å². The molecule has 0 fully saturated rings. The Morgan fingerprint density at radius 2 is 0.534 bits per heavy atom. The molecule has 0 amide bonds. The van der Waals surface area contributed by atoms with Gasteiger partial charge in [0.2, 0.25) is 0 Å². The molecule has 282 valence electrons. The van der Waals surface area contributed by atoms with E-state index in [1.54, 1.807) is 0 Å². The number of fused-ring (bicyclic) bond motifs is 2. The summed E-state index contributed by atoms with van der Waals surface area (Å²) in [6.07, 6.45) is 0. The SMILES string of the molecule is [CH3][Ge]([CH3])([CH3])[c]1ccc(N(c2ccc3ccccc3c2)c2cc3ccc4cc(N(c5cc[c]([Ge]([CH3])([CH3])[CH3])cc5)c5ccc6ccccc6c5)cc5ccc(c2)c3c45)cc1. The Bertz CT molecular complexity index is 2860. The van der Waals surface area contributed by atoms with E-state index in [2.05, 4.69) is 226 Å². The van der Waals surface area contributed by atoms with Gasteiger partial charge in [-0.2, -0.15) is 0 Å². The van der Waals surface area contributed by atoms with Gasteiger partial charge in [0, 0.05) is 0 Å². The molecule has 0 N–H and O–H groups in total. The van der Waals surface area contributed by atoms with E-state index in [1.165, 1.54) is 74.0 Å². The first-order valence-corrected chi connectivity index (χ1v) is 35.2. The Morgan fingerprint density at radius 1 is 0.259 bits per heavy atom. The molecule has 10 aromatic rings. The van der Waals surface area contributed by atoms with E-state index in [4.69, 9.17) is 0 Å². The molecule has 0 unspecified atom stereocenters. The standard InChI is InChI=1S/C54H48Ge2N2/c1-55(2,3)45-21-27-47(28-22-45)57(49-25-19-37-11-7-9-13-39(37)31-49)51-33-41-15-17-43-35-52(36-44-18-16-42(34-51)53(41)54(43)44)58(48-29-23-46(24-30-48)56(4,5)6)50-26-20-38-12-8-10-14-40(38)32-50/h7-36H,1-6H3. The summed E-state index contributed by atoms with van der Waals surface area (Å²) in [6.45, 7) is 0. The second kappa shape index (κ2) is 14.1. The average Bonchev–Trinajstić information content (AvgIpc) is 3.22. The van der Waals surface area contributed by atoms with Gasteiger partial charge in [-0.3, -0.25) is 0 Å². The molecule has 0 aliphatic rings. The van der Waals surface area contributed by atoms with Crippen LogP contribution in [-0.4, -0.2) is 26.5 Å². The predicted molar refractivity (Wildman–Crippen MR) is 260 cm³/mol. The van der Waals surface area contributed by atoms with E-state index >= 15 is 0 Å². The molecule has 0 spiro atoms. The third kappa shape index (κ3) is 6.62. The minimum atomic E-state index is -1.99. The van der Waals surface area contributed by atoms with Gasteiger partial charge in [0.1, 0.15) is 0 Å². The van der Waals surface area contributed by atoms with Gasteiger partial charge < -0.3 is 0 Å². The van der Waals surface area contributed by atoms with Crippen molar-refractivity contribution < 1.29 is 0 Å². The summed E-state index contributed by atoms with van der Waals surface area (Å²) in [6, 6.07) is 68.7. The van der Waals surface area contributed by atoms with Gasteiger partial charge in [-0.1, -0.05) is 0 Å². The van der Waals surface area contributed by atoms with Crippen LogP contribution < -0.4 is 18.6 Å². The number of benzene rings is 10. The first kappa shape index (κ1) is 36.8. The molecule has 0 aliphatic carbocycles. The summed E-state index contributed by atoms with van der Waals surface area (Å²) < 4.78 is 3.03. The van der Waals surface area contributed by atoms with Crippen LogP contribution in [0.4, 0.5) is 34.1 Å². The van der Waals surface area contributed by atoms with Gasteiger partial charge in [-0.15, -0.1) is 0 Å². The third-order valence-corrected chi connectivity index (χ3v) is 20.7. The number of hydrogen-bond donors (Lipinski definition) is 0. The van der Waals surface area contributed by atoms with E-state index in [0.29, 0.717) is 0 Å². The molecule has 4 heteroatoms. The van der Waals surface area contributed by atoms with Crippen LogP contribution >= 0.6 is 0 Å². The molecule has 0 heterocycles. The van der Waals surface area contributed by atoms with E-state index < -0.39 is 26.5 Å². The van der Waals surface area contributed by atoms with Crippen molar-refractivity contribution in [3.8, 4) is 0 Å². The van der Waals surface area contributed by atoms with Crippen LogP contribution in [0.5, 0.6) is 0 Å². The zero-order chi connectivity index (χ0) is 39.8. The maximum atomic E-state index is 2.46.